The molecule has 1 aromatic rings. The lowest BCUT2D eigenvalue weighted by molar-refractivity contribution is -0.135. The third-order valence-electron chi connectivity index (χ3n) is 4.34. The molecule has 2 aliphatic rings. The van der Waals surface area contributed by atoms with Crippen LogP contribution in [0.3, 0.4) is 0 Å². The molecule has 6 heteroatoms. The summed E-state index contributed by atoms with van der Waals surface area (Å²) in [5.41, 5.74) is 1.24. The summed E-state index contributed by atoms with van der Waals surface area (Å²) in [5.74, 6) is 0.380. The number of hydrogen-bond acceptors (Lipinski definition) is 4. The average Bonchev–Trinajstić information content (AvgIpc) is 3.08. The molecule has 1 amide bonds. The molecule has 0 unspecified atom stereocenters. The maximum Gasteiger partial charge on any atom is 0.228 e. The molecule has 0 N–H and O–H groups in total. The number of hydrogen-bond donors (Lipinski definition) is 0. The fourth-order valence-electron chi connectivity index (χ4n) is 3.15. The van der Waals surface area contributed by atoms with Gasteiger partial charge in [-0.1, -0.05) is 0 Å². The van der Waals surface area contributed by atoms with E-state index in [9.17, 15) is 4.79 Å². The first kappa shape index (κ1) is 14.5. The van der Waals surface area contributed by atoms with Crippen molar-refractivity contribution in [3.8, 4) is 0 Å². The Kier molecular flexibility index (Phi) is 4.55. The first-order chi connectivity index (χ1) is 10.2. The summed E-state index contributed by atoms with van der Waals surface area (Å²) in [6.07, 6.45) is 5.90. The number of aryl methyl sites for hydroxylation is 1. The zero-order valence-electron chi connectivity index (χ0n) is 12.7. The molecule has 3 rings (SSSR count). The molecule has 1 atom stereocenters. The minimum absolute atomic E-state index is 0.0925. The molecule has 116 valence electrons. The lowest BCUT2D eigenvalue weighted by Crippen LogP contribution is -2.39. The van der Waals surface area contributed by atoms with Crippen LogP contribution in [-0.4, -0.2) is 64.9 Å². The summed E-state index contributed by atoms with van der Waals surface area (Å²) in [4.78, 5) is 16.9. The highest BCUT2D eigenvalue weighted by molar-refractivity contribution is 5.79. The predicted molar refractivity (Wildman–Crippen MR) is 78.6 cm³/mol. The van der Waals surface area contributed by atoms with Gasteiger partial charge in [-0.15, -0.1) is 0 Å². The number of carbonyl (C=O) groups is 1. The van der Waals surface area contributed by atoms with E-state index in [0.29, 0.717) is 6.61 Å². The highest BCUT2D eigenvalue weighted by Crippen LogP contribution is 2.17. The molecule has 0 saturated carbocycles. The van der Waals surface area contributed by atoms with E-state index in [-0.39, 0.29) is 11.8 Å². The van der Waals surface area contributed by atoms with Gasteiger partial charge in [0.1, 0.15) is 0 Å². The van der Waals surface area contributed by atoms with Crippen LogP contribution < -0.4 is 0 Å². The molecular formula is C15H24N4O2. The molecule has 0 aliphatic carbocycles. The molecule has 21 heavy (non-hydrogen) atoms. The minimum atomic E-state index is 0.0925. The number of ether oxygens (including phenoxy) is 1. The Morgan fingerprint density at radius 3 is 3.00 bits per heavy atom. The Balaban J connectivity index is 1.52. The third kappa shape index (κ3) is 3.63. The van der Waals surface area contributed by atoms with Crippen LogP contribution in [0.2, 0.25) is 0 Å². The minimum Gasteiger partial charge on any atom is -0.381 e. The topological polar surface area (TPSA) is 50.6 Å². The molecule has 2 saturated heterocycles. The van der Waals surface area contributed by atoms with Crippen molar-refractivity contribution < 1.29 is 9.53 Å². The number of rotatable bonds is 3. The summed E-state index contributed by atoms with van der Waals surface area (Å²) in [6.45, 7) is 5.94. The van der Waals surface area contributed by atoms with Crippen molar-refractivity contribution in [1.29, 1.82) is 0 Å². The van der Waals surface area contributed by atoms with Crippen LogP contribution in [0, 0.1) is 5.92 Å². The second-order valence-corrected chi connectivity index (χ2v) is 6.04. The van der Waals surface area contributed by atoms with E-state index in [1.165, 1.54) is 5.56 Å². The van der Waals surface area contributed by atoms with Gasteiger partial charge < -0.3 is 9.64 Å². The Labute approximate surface area is 125 Å². The lowest BCUT2D eigenvalue weighted by Gasteiger charge is -2.23. The highest BCUT2D eigenvalue weighted by atomic mass is 16.5. The number of amides is 1. The molecule has 3 heterocycles. The van der Waals surface area contributed by atoms with Crippen LogP contribution >= 0.6 is 0 Å². The van der Waals surface area contributed by atoms with Gasteiger partial charge in [-0.2, -0.15) is 5.10 Å². The second kappa shape index (κ2) is 6.58. The molecule has 0 aromatic carbocycles. The van der Waals surface area contributed by atoms with Crippen molar-refractivity contribution in [3.63, 3.8) is 0 Å². The van der Waals surface area contributed by atoms with Gasteiger partial charge >= 0.3 is 0 Å². The zero-order chi connectivity index (χ0) is 14.7. The maximum absolute atomic E-state index is 12.4. The number of nitrogens with zero attached hydrogens (tertiary/aromatic N) is 4. The van der Waals surface area contributed by atoms with Crippen molar-refractivity contribution in [2.75, 3.05) is 39.4 Å². The summed E-state index contributed by atoms with van der Waals surface area (Å²) in [6, 6.07) is 0. The van der Waals surface area contributed by atoms with Crippen molar-refractivity contribution in [2.45, 2.75) is 19.4 Å². The highest BCUT2D eigenvalue weighted by Gasteiger charge is 2.29. The fourth-order valence-corrected chi connectivity index (χ4v) is 3.15. The fraction of sp³-hybridized carbons (Fsp3) is 0.733. The second-order valence-electron chi connectivity index (χ2n) is 6.04. The first-order valence-corrected chi connectivity index (χ1v) is 7.79. The Hall–Kier alpha value is -1.40. The van der Waals surface area contributed by atoms with Gasteiger partial charge in [0.15, 0.2) is 0 Å². The molecule has 0 spiro atoms. The van der Waals surface area contributed by atoms with Gasteiger partial charge in [0.25, 0.3) is 0 Å². The summed E-state index contributed by atoms with van der Waals surface area (Å²) in [5, 5.41) is 4.21. The van der Waals surface area contributed by atoms with Crippen LogP contribution in [0.1, 0.15) is 18.4 Å². The van der Waals surface area contributed by atoms with Gasteiger partial charge in [-0.3, -0.25) is 14.4 Å². The van der Waals surface area contributed by atoms with Gasteiger partial charge in [0.05, 0.1) is 18.7 Å². The molecule has 6 nitrogen and oxygen atoms in total. The quantitative estimate of drug-likeness (QED) is 0.813. The van der Waals surface area contributed by atoms with Crippen molar-refractivity contribution >= 4 is 5.91 Å². The van der Waals surface area contributed by atoms with Crippen LogP contribution in [0.5, 0.6) is 0 Å². The molecule has 1 aromatic heterocycles. The van der Waals surface area contributed by atoms with E-state index in [1.54, 1.807) is 0 Å². The normalized spacial score (nSPS) is 24.2. The van der Waals surface area contributed by atoms with E-state index in [0.717, 1.165) is 52.2 Å². The molecule has 0 radical (unpaired) electrons. The third-order valence-corrected chi connectivity index (χ3v) is 4.34. The first-order valence-electron chi connectivity index (χ1n) is 7.79. The molecule has 2 aliphatic heterocycles. The van der Waals surface area contributed by atoms with Gasteiger partial charge in [-0.05, 0) is 12.8 Å². The SMILES string of the molecule is Cn1cc(CN2CCCN(C(=O)[C@@H]3CCOC3)CC2)cn1. The van der Waals surface area contributed by atoms with E-state index >= 15 is 0 Å². The molecule has 0 bridgehead atoms. The van der Waals surface area contributed by atoms with Crippen LogP contribution in [0.25, 0.3) is 0 Å². The standard InChI is InChI=1S/C15H24N4O2/c1-17-10-13(9-16-17)11-18-4-2-5-19(7-6-18)15(20)14-3-8-21-12-14/h9-10,14H,2-8,11-12H2,1H3/t14-/m1/s1. The molecular weight excluding hydrogens is 268 g/mol. The Morgan fingerprint density at radius 1 is 1.38 bits per heavy atom. The maximum atomic E-state index is 12.4. The molecule has 2 fully saturated rings. The number of carbonyl (C=O) groups excluding carboxylic acids is 1. The van der Waals surface area contributed by atoms with Gasteiger partial charge in [0, 0.05) is 58.1 Å². The van der Waals surface area contributed by atoms with Gasteiger partial charge in [0.2, 0.25) is 5.91 Å². The Morgan fingerprint density at radius 2 is 2.29 bits per heavy atom. The van der Waals surface area contributed by atoms with Crippen LogP contribution in [0.15, 0.2) is 12.4 Å². The predicted octanol–water partition coefficient (Wildman–Crippen LogP) is 0.491. The monoisotopic (exact) mass is 292 g/mol. The van der Waals surface area contributed by atoms with Crippen LogP contribution in [-0.2, 0) is 23.1 Å². The smallest absolute Gasteiger partial charge is 0.228 e. The van der Waals surface area contributed by atoms with E-state index < -0.39 is 0 Å². The van der Waals surface area contributed by atoms with E-state index in [1.807, 2.05) is 22.8 Å². The van der Waals surface area contributed by atoms with E-state index in [4.69, 9.17) is 4.74 Å². The zero-order valence-corrected chi connectivity index (χ0v) is 12.7. The van der Waals surface area contributed by atoms with Crippen molar-refractivity contribution in [1.82, 2.24) is 19.6 Å². The summed E-state index contributed by atoms with van der Waals surface area (Å²) in [7, 11) is 1.94. The average molecular weight is 292 g/mol. The van der Waals surface area contributed by atoms with Crippen LogP contribution in [0.4, 0.5) is 0 Å². The number of aromatic nitrogens is 2. The van der Waals surface area contributed by atoms with Crippen molar-refractivity contribution in [2.24, 2.45) is 13.0 Å². The summed E-state index contributed by atoms with van der Waals surface area (Å²) < 4.78 is 7.17. The lowest BCUT2D eigenvalue weighted by atomic mass is 10.1. The van der Waals surface area contributed by atoms with Gasteiger partial charge in [-0.25, -0.2) is 0 Å². The Bertz CT molecular complexity index is 482. The largest absolute Gasteiger partial charge is 0.381 e. The van der Waals surface area contributed by atoms with Crippen molar-refractivity contribution in [3.05, 3.63) is 18.0 Å². The summed E-state index contributed by atoms with van der Waals surface area (Å²) >= 11 is 0. The van der Waals surface area contributed by atoms with E-state index in [2.05, 4.69) is 16.2 Å².